The highest BCUT2D eigenvalue weighted by molar-refractivity contribution is 6.39. The standard InChI is InChI=1S/C20H14Cl2N4O6/c21-13-2-1-3-14(22)17(13)25-16(27)10-32-12-7-4-11(5-8-12)6-9-15-23-19(28)18(26(30)31)20(29)24-15/h1-9H,10H2,(H,25,27)(H2,23,24,28,29)/b9-6+. The number of hydrogen-bond acceptors (Lipinski definition) is 7. The summed E-state index contributed by atoms with van der Waals surface area (Å²) in [6.45, 7) is -0.274. The zero-order valence-electron chi connectivity index (χ0n) is 16.0. The molecule has 0 aliphatic rings. The molecule has 0 bridgehead atoms. The number of carbonyl (C=O) groups excluding carboxylic acids is 1. The molecule has 32 heavy (non-hydrogen) atoms. The molecule has 0 saturated carbocycles. The van der Waals surface area contributed by atoms with Gasteiger partial charge in [0.2, 0.25) is 0 Å². The summed E-state index contributed by atoms with van der Waals surface area (Å²) in [5.41, 5.74) is -1.12. The van der Waals surface area contributed by atoms with Crippen molar-refractivity contribution in [3.05, 3.63) is 84.4 Å². The number of ether oxygens (including phenoxy) is 1. The molecule has 0 aliphatic heterocycles. The summed E-state index contributed by atoms with van der Waals surface area (Å²) in [6, 6.07) is 11.4. The predicted octanol–water partition coefficient (Wildman–Crippen LogP) is 3.88. The minimum atomic E-state index is -1.07. The average molecular weight is 477 g/mol. The van der Waals surface area contributed by atoms with Crippen molar-refractivity contribution in [3.8, 4) is 11.6 Å². The van der Waals surface area contributed by atoms with Crippen LogP contribution >= 0.6 is 23.2 Å². The molecule has 3 aromatic rings. The molecule has 0 radical (unpaired) electrons. The number of para-hydroxylation sites is 1. The summed E-state index contributed by atoms with van der Waals surface area (Å²) in [4.78, 5) is 39.2. The Balaban J connectivity index is 1.60. The van der Waals surface area contributed by atoms with Crippen LogP contribution in [0, 0.1) is 10.1 Å². The molecule has 3 N–H and O–H groups in total. The van der Waals surface area contributed by atoms with Crippen molar-refractivity contribution < 1.29 is 19.6 Å². The van der Waals surface area contributed by atoms with Gasteiger partial charge in [0, 0.05) is 0 Å². The van der Waals surface area contributed by atoms with Crippen LogP contribution in [0.25, 0.3) is 12.2 Å². The van der Waals surface area contributed by atoms with Crippen molar-refractivity contribution in [2.45, 2.75) is 0 Å². The number of rotatable bonds is 7. The van der Waals surface area contributed by atoms with Crippen LogP contribution in [0.4, 0.5) is 11.4 Å². The Morgan fingerprint density at radius 2 is 1.84 bits per heavy atom. The summed E-state index contributed by atoms with van der Waals surface area (Å²) in [7, 11) is 0. The van der Waals surface area contributed by atoms with E-state index in [4.69, 9.17) is 27.9 Å². The fourth-order valence-corrected chi connectivity index (χ4v) is 3.00. The number of hydrogen-bond donors (Lipinski definition) is 3. The van der Waals surface area contributed by atoms with Crippen LogP contribution in [-0.4, -0.2) is 32.5 Å². The fourth-order valence-electron chi connectivity index (χ4n) is 2.51. The number of halogens is 2. The smallest absolute Gasteiger partial charge is 0.395 e. The quantitative estimate of drug-likeness (QED) is 0.346. The highest BCUT2D eigenvalue weighted by Gasteiger charge is 2.21. The molecule has 164 valence electrons. The Kier molecular flexibility index (Phi) is 7.08. The van der Waals surface area contributed by atoms with E-state index in [9.17, 15) is 24.8 Å². The van der Waals surface area contributed by atoms with Gasteiger partial charge in [-0.15, -0.1) is 0 Å². The molecule has 10 nitrogen and oxygen atoms in total. The van der Waals surface area contributed by atoms with E-state index >= 15 is 0 Å². The number of nitrogens with one attached hydrogen (secondary N) is 2. The Hall–Kier alpha value is -3.89. The van der Waals surface area contributed by atoms with Gasteiger partial charge in [-0.05, 0) is 35.9 Å². The molecule has 12 heteroatoms. The van der Waals surface area contributed by atoms with Crippen molar-refractivity contribution in [2.24, 2.45) is 0 Å². The lowest BCUT2D eigenvalue weighted by Gasteiger charge is -2.10. The lowest BCUT2D eigenvalue weighted by Crippen LogP contribution is -2.20. The summed E-state index contributed by atoms with van der Waals surface area (Å²) in [5, 5.41) is 23.4. The van der Waals surface area contributed by atoms with E-state index in [0.717, 1.165) is 0 Å². The molecule has 0 atom stereocenters. The molecular weight excluding hydrogens is 463 g/mol. The Morgan fingerprint density at radius 1 is 1.19 bits per heavy atom. The molecule has 0 spiro atoms. The molecule has 0 saturated heterocycles. The van der Waals surface area contributed by atoms with E-state index in [0.29, 0.717) is 27.0 Å². The van der Waals surface area contributed by atoms with Gasteiger partial charge < -0.3 is 20.1 Å². The van der Waals surface area contributed by atoms with Gasteiger partial charge in [0.1, 0.15) is 11.6 Å². The summed E-state index contributed by atoms with van der Waals surface area (Å²) in [5.74, 6) is -1.06. The third-order valence-electron chi connectivity index (χ3n) is 3.99. The maximum atomic E-state index is 12.1. The van der Waals surface area contributed by atoms with Gasteiger partial charge in [-0.3, -0.25) is 19.7 Å². The van der Waals surface area contributed by atoms with Crippen LogP contribution in [0.15, 0.2) is 47.3 Å². The van der Waals surface area contributed by atoms with Crippen molar-refractivity contribution in [3.63, 3.8) is 0 Å². The van der Waals surface area contributed by atoms with Crippen molar-refractivity contribution in [1.82, 2.24) is 9.97 Å². The number of aromatic amines is 1. The van der Waals surface area contributed by atoms with Crippen LogP contribution in [0.1, 0.15) is 11.4 Å². The van der Waals surface area contributed by atoms with Crippen LogP contribution < -0.4 is 15.6 Å². The molecule has 0 aliphatic carbocycles. The number of amides is 1. The number of aromatic nitrogens is 2. The highest BCUT2D eigenvalue weighted by Crippen LogP contribution is 2.29. The topological polar surface area (TPSA) is 147 Å². The monoisotopic (exact) mass is 476 g/mol. The zero-order chi connectivity index (χ0) is 23.3. The molecule has 1 heterocycles. The number of benzene rings is 2. The third-order valence-corrected chi connectivity index (χ3v) is 4.62. The normalized spacial score (nSPS) is 10.8. The zero-order valence-corrected chi connectivity index (χ0v) is 17.6. The predicted molar refractivity (Wildman–Crippen MR) is 119 cm³/mol. The molecule has 1 aromatic heterocycles. The SMILES string of the molecule is O=C(COc1ccc(/C=C/c2nc(O)c([N+](=O)[O-])c(=O)[nH]2)cc1)Nc1c(Cl)cccc1Cl. The number of H-pyrrole nitrogens is 1. The average Bonchev–Trinajstić information content (AvgIpc) is 2.73. The van der Waals surface area contributed by atoms with E-state index < -0.39 is 28.0 Å². The maximum Gasteiger partial charge on any atom is 0.395 e. The van der Waals surface area contributed by atoms with Crippen LogP contribution in [0.3, 0.4) is 0 Å². The Morgan fingerprint density at radius 3 is 2.44 bits per heavy atom. The highest BCUT2D eigenvalue weighted by atomic mass is 35.5. The molecule has 1 amide bonds. The van der Waals surface area contributed by atoms with Gasteiger partial charge in [-0.2, -0.15) is 4.98 Å². The summed E-state index contributed by atoms with van der Waals surface area (Å²) in [6.07, 6.45) is 2.92. The number of anilines is 1. The van der Waals surface area contributed by atoms with Crippen molar-refractivity contribution in [2.75, 3.05) is 11.9 Å². The lowest BCUT2D eigenvalue weighted by atomic mass is 10.2. The first kappa shape index (κ1) is 22.8. The first-order valence-corrected chi connectivity index (χ1v) is 9.62. The first-order chi connectivity index (χ1) is 15.2. The van der Waals surface area contributed by atoms with Gasteiger partial charge in [-0.1, -0.05) is 47.5 Å². The first-order valence-electron chi connectivity index (χ1n) is 8.87. The lowest BCUT2D eigenvalue weighted by molar-refractivity contribution is -0.387. The Labute approximate surface area is 190 Å². The van der Waals surface area contributed by atoms with Gasteiger partial charge in [-0.25, -0.2) is 0 Å². The molecule has 3 rings (SSSR count). The van der Waals surface area contributed by atoms with Gasteiger partial charge >= 0.3 is 11.2 Å². The number of nitro groups is 1. The van der Waals surface area contributed by atoms with Crippen LogP contribution in [0.2, 0.25) is 10.0 Å². The van der Waals surface area contributed by atoms with Gasteiger partial charge in [0.15, 0.2) is 6.61 Å². The third kappa shape index (κ3) is 5.62. The minimum Gasteiger partial charge on any atom is -0.488 e. The van der Waals surface area contributed by atoms with E-state index in [2.05, 4.69) is 15.3 Å². The summed E-state index contributed by atoms with van der Waals surface area (Å²) >= 11 is 12.0. The van der Waals surface area contributed by atoms with E-state index in [1.807, 2.05) is 0 Å². The number of aromatic hydroxyl groups is 1. The van der Waals surface area contributed by atoms with E-state index in [1.165, 1.54) is 6.08 Å². The second-order valence-corrected chi connectivity index (χ2v) is 7.03. The Bertz CT molecular complexity index is 1240. The number of carbonyl (C=O) groups is 1. The molecule has 2 aromatic carbocycles. The molecule has 0 fully saturated rings. The number of nitrogens with zero attached hydrogens (tertiary/aromatic N) is 2. The van der Waals surface area contributed by atoms with E-state index in [-0.39, 0.29) is 12.4 Å². The van der Waals surface area contributed by atoms with E-state index in [1.54, 1.807) is 48.5 Å². The largest absolute Gasteiger partial charge is 0.488 e. The van der Waals surface area contributed by atoms with Crippen LogP contribution in [-0.2, 0) is 4.79 Å². The van der Waals surface area contributed by atoms with Gasteiger partial charge in [0.25, 0.3) is 11.8 Å². The van der Waals surface area contributed by atoms with Gasteiger partial charge in [0.05, 0.1) is 20.7 Å². The molecular formula is C20H14Cl2N4O6. The fraction of sp³-hybridized carbons (Fsp3) is 0.0500. The summed E-state index contributed by atoms with van der Waals surface area (Å²) < 4.78 is 5.43. The minimum absolute atomic E-state index is 0.0617. The second kappa shape index (κ2) is 9.94. The maximum absolute atomic E-state index is 12.1. The van der Waals surface area contributed by atoms with Crippen molar-refractivity contribution in [1.29, 1.82) is 0 Å². The second-order valence-electron chi connectivity index (χ2n) is 6.22. The van der Waals surface area contributed by atoms with Crippen LogP contribution in [0.5, 0.6) is 11.6 Å². The van der Waals surface area contributed by atoms with Crippen molar-refractivity contribution >= 4 is 52.6 Å². The molecule has 0 unspecified atom stereocenters.